The number of rotatable bonds is 4. The van der Waals surface area contributed by atoms with Crippen molar-refractivity contribution < 1.29 is 14.8 Å². The van der Waals surface area contributed by atoms with E-state index in [-0.39, 0.29) is 24.0 Å². The summed E-state index contributed by atoms with van der Waals surface area (Å²) in [5.41, 5.74) is 0.420. The van der Waals surface area contributed by atoms with Crippen molar-refractivity contribution in [3.63, 3.8) is 0 Å². The molecule has 0 amide bonds. The minimum atomic E-state index is -0.486. The van der Waals surface area contributed by atoms with Crippen molar-refractivity contribution in [2.45, 2.75) is 12.8 Å². The second-order valence-corrected chi connectivity index (χ2v) is 3.24. The molecule has 1 N–H and O–H groups in total. The van der Waals surface area contributed by atoms with Gasteiger partial charge in [0.2, 0.25) is 0 Å². The molecule has 0 bridgehead atoms. The molecule has 0 aliphatic heterocycles. The molecule has 1 aromatic carbocycles. The second-order valence-electron chi connectivity index (χ2n) is 3.24. The zero-order valence-electron chi connectivity index (χ0n) is 8.64. The van der Waals surface area contributed by atoms with Gasteiger partial charge in [-0.1, -0.05) is 19.1 Å². The normalized spacial score (nSPS) is 12.2. The largest absolute Gasteiger partial charge is 0.490 e. The number of nitrogens with zero attached hydrogens (tertiary/aromatic N) is 1. The molecule has 5 nitrogen and oxygen atoms in total. The van der Waals surface area contributed by atoms with Crippen molar-refractivity contribution >= 4 is 5.69 Å². The van der Waals surface area contributed by atoms with Gasteiger partial charge in [0.25, 0.3) is 0 Å². The van der Waals surface area contributed by atoms with Crippen molar-refractivity contribution in [1.82, 2.24) is 0 Å². The summed E-state index contributed by atoms with van der Waals surface area (Å²) in [6, 6.07) is 4.83. The highest BCUT2D eigenvalue weighted by molar-refractivity contribution is 5.54. The number of hydrogen-bond acceptors (Lipinski definition) is 4. The highest BCUT2D eigenvalue weighted by Gasteiger charge is 2.23. The summed E-state index contributed by atoms with van der Waals surface area (Å²) in [6.45, 7) is 1.59. The van der Waals surface area contributed by atoms with Crippen LogP contribution in [0.15, 0.2) is 18.2 Å². The fraction of sp³-hybridized carbons (Fsp3) is 0.400. The third-order valence-electron chi connectivity index (χ3n) is 2.24. The molecule has 0 aromatic heterocycles. The Morgan fingerprint density at radius 3 is 2.73 bits per heavy atom. The van der Waals surface area contributed by atoms with Gasteiger partial charge in [0.05, 0.1) is 12.0 Å². The Kier molecular flexibility index (Phi) is 3.62. The van der Waals surface area contributed by atoms with Crippen LogP contribution in [0.25, 0.3) is 0 Å². The lowest BCUT2D eigenvalue weighted by Crippen LogP contribution is -2.05. The summed E-state index contributed by atoms with van der Waals surface area (Å²) in [5, 5.41) is 19.9. The highest BCUT2D eigenvalue weighted by Crippen LogP contribution is 2.34. The maximum Gasteiger partial charge on any atom is 0.314 e. The van der Waals surface area contributed by atoms with Gasteiger partial charge >= 0.3 is 5.69 Å². The maximum absolute atomic E-state index is 10.9. The van der Waals surface area contributed by atoms with Crippen LogP contribution in [0.2, 0.25) is 0 Å². The summed E-state index contributed by atoms with van der Waals surface area (Å²) in [7, 11) is 1.38. The van der Waals surface area contributed by atoms with Gasteiger partial charge in [0.1, 0.15) is 0 Å². The molecule has 5 heteroatoms. The quantitative estimate of drug-likeness (QED) is 0.607. The van der Waals surface area contributed by atoms with Crippen LogP contribution in [0.4, 0.5) is 5.69 Å². The Morgan fingerprint density at radius 2 is 2.27 bits per heavy atom. The lowest BCUT2D eigenvalue weighted by molar-refractivity contribution is -0.386. The summed E-state index contributed by atoms with van der Waals surface area (Å²) in [4.78, 5) is 10.4. The minimum absolute atomic E-state index is 0.0680. The lowest BCUT2D eigenvalue weighted by atomic mass is 10.00. The first-order valence-electron chi connectivity index (χ1n) is 4.54. The first-order chi connectivity index (χ1) is 7.11. The van der Waals surface area contributed by atoms with E-state index < -0.39 is 4.92 Å². The molecule has 1 atom stereocenters. The number of aliphatic hydroxyl groups is 1. The molecule has 1 aromatic rings. The number of hydrogen-bond donors (Lipinski definition) is 1. The van der Waals surface area contributed by atoms with Gasteiger partial charge < -0.3 is 9.84 Å². The van der Waals surface area contributed by atoms with E-state index in [9.17, 15) is 10.1 Å². The first-order valence-corrected chi connectivity index (χ1v) is 4.54. The van der Waals surface area contributed by atoms with Crippen LogP contribution in [0.1, 0.15) is 18.4 Å². The molecule has 15 heavy (non-hydrogen) atoms. The third kappa shape index (κ3) is 2.24. The maximum atomic E-state index is 10.9. The number of nitro groups is 1. The molecule has 1 rings (SSSR count). The summed E-state index contributed by atoms with van der Waals surface area (Å²) < 4.78 is 4.92. The van der Waals surface area contributed by atoms with Gasteiger partial charge in [-0.3, -0.25) is 10.1 Å². The summed E-state index contributed by atoms with van der Waals surface area (Å²) in [6.07, 6.45) is 0. The fourth-order valence-corrected chi connectivity index (χ4v) is 1.40. The van der Waals surface area contributed by atoms with E-state index in [1.54, 1.807) is 19.1 Å². The van der Waals surface area contributed by atoms with Gasteiger partial charge in [0.15, 0.2) is 5.75 Å². The summed E-state index contributed by atoms with van der Waals surface area (Å²) >= 11 is 0. The second kappa shape index (κ2) is 4.75. The number of ether oxygens (including phenoxy) is 1. The molecule has 0 saturated carbocycles. The van der Waals surface area contributed by atoms with Crippen molar-refractivity contribution in [2.24, 2.45) is 0 Å². The Bertz CT molecular complexity index is 364. The molecule has 1 unspecified atom stereocenters. The number of methoxy groups -OCH3 is 1. The molecule has 0 fully saturated rings. The Balaban J connectivity index is 3.31. The Hall–Kier alpha value is -1.62. The van der Waals surface area contributed by atoms with E-state index >= 15 is 0 Å². The predicted molar refractivity (Wildman–Crippen MR) is 55.1 cm³/mol. The molecule has 82 valence electrons. The molecular weight excluding hydrogens is 198 g/mol. The van der Waals surface area contributed by atoms with Crippen LogP contribution >= 0.6 is 0 Å². The first kappa shape index (κ1) is 11.5. The number of benzene rings is 1. The molecule has 0 radical (unpaired) electrons. The van der Waals surface area contributed by atoms with Crippen LogP contribution in [0.5, 0.6) is 5.75 Å². The molecule has 0 aliphatic carbocycles. The highest BCUT2D eigenvalue weighted by atomic mass is 16.6. The van der Waals surface area contributed by atoms with Crippen LogP contribution in [0, 0.1) is 10.1 Å². The van der Waals surface area contributed by atoms with Crippen molar-refractivity contribution in [2.75, 3.05) is 13.7 Å². The average Bonchev–Trinajstić information content (AvgIpc) is 2.26. The minimum Gasteiger partial charge on any atom is -0.490 e. The summed E-state index contributed by atoms with van der Waals surface area (Å²) in [5.74, 6) is -0.0571. The van der Waals surface area contributed by atoms with Crippen molar-refractivity contribution in [3.05, 3.63) is 33.9 Å². The SMILES string of the molecule is COc1cccc(C(C)CO)c1[N+](=O)[O-]. The zero-order chi connectivity index (χ0) is 11.4. The number of aliphatic hydroxyl groups excluding tert-OH is 1. The zero-order valence-corrected chi connectivity index (χ0v) is 8.64. The van der Waals surface area contributed by atoms with Crippen LogP contribution in [-0.4, -0.2) is 23.7 Å². The monoisotopic (exact) mass is 211 g/mol. The van der Waals surface area contributed by atoms with Gasteiger partial charge in [-0.2, -0.15) is 0 Å². The van der Waals surface area contributed by atoms with Gasteiger partial charge in [-0.05, 0) is 6.07 Å². The fourth-order valence-electron chi connectivity index (χ4n) is 1.40. The standard InChI is InChI=1S/C10H13NO4/c1-7(6-12)8-4-3-5-9(15-2)10(8)11(13)14/h3-5,7,12H,6H2,1-2H3. The molecule has 0 heterocycles. The van der Waals surface area contributed by atoms with E-state index in [1.807, 2.05) is 0 Å². The van der Waals surface area contributed by atoms with E-state index in [4.69, 9.17) is 9.84 Å². The molecule has 0 spiro atoms. The third-order valence-corrected chi connectivity index (χ3v) is 2.24. The van der Waals surface area contributed by atoms with Crippen LogP contribution in [0.3, 0.4) is 0 Å². The van der Waals surface area contributed by atoms with Gasteiger partial charge in [-0.15, -0.1) is 0 Å². The number of nitro benzene ring substituents is 1. The number of para-hydroxylation sites is 1. The van der Waals surface area contributed by atoms with Gasteiger partial charge in [-0.25, -0.2) is 0 Å². The van der Waals surface area contributed by atoms with Crippen LogP contribution in [-0.2, 0) is 0 Å². The van der Waals surface area contributed by atoms with E-state index in [1.165, 1.54) is 13.2 Å². The Morgan fingerprint density at radius 1 is 1.60 bits per heavy atom. The van der Waals surface area contributed by atoms with Crippen molar-refractivity contribution in [3.8, 4) is 5.75 Å². The average molecular weight is 211 g/mol. The van der Waals surface area contributed by atoms with E-state index in [0.29, 0.717) is 5.56 Å². The topological polar surface area (TPSA) is 72.6 Å². The van der Waals surface area contributed by atoms with E-state index in [2.05, 4.69) is 0 Å². The predicted octanol–water partition coefficient (Wildman–Crippen LogP) is 1.70. The smallest absolute Gasteiger partial charge is 0.314 e. The Labute approximate surface area is 87.5 Å². The molecule has 0 aliphatic rings. The lowest BCUT2D eigenvalue weighted by Gasteiger charge is -2.10. The van der Waals surface area contributed by atoms with Crippen LogP contribution < -0.4 is 4.74 Å². The molecular formula is C10H13NO4. The van der Waals surface area contributed by atoms with Crippen molar-refractivity contribution in [1.29, 1.82) is 0 Å². The molecule has 0 saturated heterocycles. The van der Waals surface area contributed by atoms with Gasteiger partial charge in [0, 0.05) is 18.1 Å². The van der Waals surface area contributed by atoms with E-state index in [0.717, 1.165) is 0 Å².